The van der Waals surface area contributed by atoms with E-state index in [0.29, 0.717) is 17.8 Å². The lowest BCUT2D eigenvalue weighted by Crippen LogP contribution is -2.25. The monoisotopic (exact) mass is 172 g/mol. The maximum atomic E-state index is 10.5. The lowest BCUT2D eigenvalue weighted by Gasteiger charge is -2.16. The van der Waals surface area contributed by atoms with Gasteiger partial charge in [-0.3, -0.25) is 4.79 Å². The van der Waals surface area contributed by atoms with Gasteiger partial charge in [-0.15, -0.1) is 0 Å². The Hall–Kier alpha value is -1.90. The number of carbonyl (C=O) groups is 1. The molecule has 1 aliphatic heterocycles. The number of carbonyl (C=O) groups excluding carboxylic acids is 1. The van der Waals surface area contributed by atoms with E-state index >= 15 is 0 Å². The third-order valence-electron chi connectivity index (χ3n) is 1.86. The number of aliphatic imine (C=N–C) groups is 1. The fourth-order valence-electron chi connectivity index (χ4n) is 1.26. The number of hydrogen-bond donors (Lipinski definition) is 1. The number of nitrogens with zero attached hydrogens (tertiary/aromatic N) is 1. The smallest absolute Gasteiger partial charge is 0.185 e. The summed E-state index contributed by atoms with van der Waals surface area (Å²) in [5.74, 6) is 0.309. The molecule has 0 aromatic heterocycles. The van der Waals surface area contributed by atoms with Gasteiger partial charge in [0.25, 0.3) is 0 Å². The van der Waals surface area contributed by atoms with Gasteiger partial charge in [-0.05, 0) is 6.07 Å². The van der Waals surface area contributed by atoms with Crippen molar-refractivity contribution < 1.29 is 4.79 Å². The topological polar surface area (TPSA) is 41.5 Å². The molecule has 0 saturated heterocycles. The molecule has 3 heteroatoms. The maximum Gasteiger partial charge on any atom is 0.185 e. The van der Waals surface area contributed by atoms with Gasteiger partial charge in [0.2, 0.25) is 0 Å². The fraction of sp³-hybridized carbons (Fsp3) is 0. The van der Waals surface area contributed by atoms with Crippen LogP contribution in [-0.4, -0.2) is 12.1 Å². The Balaban J connectivity index is 2.59. The third-order valence-corrected chi connectivity index (χ3v) is 1.86. The van der Waals surface area contributed by atoms with Crippen molar-refractivity contribution in [2.24, 2.45) is 4.99 Å². The molecule has 1 aliphatic rings. The highest BCUT2D eigenvalue weighted by atomic mass is 16.1. The van der Waals surface area contributed by atoms with Gasteiger partial charge in [0.1, 0.15) is 0 Å². The van der Waals surface area contributed by atoms with E-state index in [-0.39, 0.29) is 0 Å². The van der Waals surface area contributed by atoms with Crippen LogP contribution in [0.4, 0.5) is 5.69 Å². The molecule has 0 bridgehead atoms. The zero-order valence-electron chi connectivity index (χ0n) is 6.95. The number of amidine groups is 1. The van der Waals surface area contributed by atoms with Gasteiger partial charge in [0.05, 0.1) is 5.69 Å². The minimum absolute atomic E-state index is 0.309. The predicted octanol–water partition coefficient (Wildman–Crippen LogP) is 1.49. The summed E-state index contributed by atoms with van der Waals surface area (Å²) >= 11 is 0. The quantitative estimate of drug-likeness (QED) is 0.652. The number of aldehydes is 1. The van der Waals surface area contributed by atoms with E-state index in [1.807, 2.05) is 24.3 Å². The molecule has 1 heterocycles. The highest BCUT2D eigenvalue weighted by Crippen LogP contribution is 2.26. The summed E-state index contributed by atoms with van der Waals surface area (Å²) in [5.41, 5.74) is 2.44. The molecule has 0 unspecified atom stereocenters. The first kappa shape index (κ1) is 7.73. The van der Waals surface area contributed by atoms with Crippen molar-refractivity contribution in [3.05, 3.63) is 36.4 Å². The van der Waals surface area contributed by atoms with Gasteiger partial charge in [-0.2, -0.15) is 0 Å². The van der Waals surface area contributed by atoms with Crippen molar-refractivity contribution in [1.29, 1.82) is 0 Å². The number of para-hydroxylation sites is 1. The molecule has 1 aromatic rings. The SMILES string of the molecule is C=C1NC(C=O)=Nc2ccccc21. The van der Waals surface area contributed by atoms with Crippen molar-refractivity contribution in [2.75, 3.05) is 0 Å². The Labute approximate surface area is 75.8 Å². The second kappa shape index (κ2) is 2.86. The fourth-order valence-corrected chi connectivity index (χ4v) is 1.26. The molecule has 1 N–H and O–H groups in total. The van der Waals surface area contributed by atoms with Crippen LogP contribution in [0.15, 0.2) is 35.8 Å². The van der Waals surface area contributed by atoms with E-state index in [1.54, 1.807) is 0 Å². The van der Waals surface area contributed by atoms with Gasteiger partial charge in [-0.1, -0.05) is 24.8 Å². The number of fused-ring (bicyclic) bond motifs is 1. The standard InChI is InChI=1S/C10H8N2O/c1-7-8-4-2-3-5-9(8)12-10(6-13)11-7/h2-6H,1H2,(H,11,12). The van der Waals surface area contributed by atoms with E-state index in [2.05, 4.69) is 16.9 Å². The highest BCUT2D eigenvalue weighted by molar-refractivity contribution is 6.30. The maximum absolute atomic E-state index is 10.5. The number of benzene rings is 1. The zero-order chi connectivity index (χ0) is 9.26. The Morgan fingerprint density at radius 2 is 2.15 bits per heavy atom. The molecule has 64 valence electrons. The van der Waals surface area contributed by atoms with Crippen molar-refractivity contribution in [1.82, 2.24) is 5.32 Å². The predicted molar refractivity (Wildman–Crippen MR) is 51.8 cm³/mol. The van der Waals surface area contributed by atoms with Gasteiger partial charge in [0, 0.05) is 11.3 Å². The van der Waals surface area contributed by atoms with Gasteiger partial charge >= 0.3 is 0 Å². The summed E-state index contributed by atoms with van der Waals surface area (Å²) in [5, 5.41) is 2.81. The van der Waals surface area contributed by atoms with Crippen LogP contribution in [0.1, 0.15) is 5.56 Å². The molecular formula is C10H8N2O. The highest BCUT2D eigenvalue weighted by Gasteiger charge is 2.12. The van der Waals surface area contributed by atoms with Crippen LogP contribution in [0, 0.1) is 0 Å². The molecule has 0 amide bonds. The number of rotatable bonds is 1. The van der Waals surface area contributed by atoms with Crippen LogP contribution in [0.25, 0.3) is 5.70 Å². The largest absolute Gasteiger partial charge is 0.337 e. The molecule has 0 saturated carbocycles. The molecule has 1 aromatic carbocycles. The minimum atomic E-state index is 0.309. The first-order chi connectivity index (χ1) is 6.31. The molecule has 0 aliphatic carbocycles. The van der Waals surface area contributed by atoms with E-state index in [0.717, 1.165) is 11.3 Å². The Kier molecular flexibility index (Phi) is 1.70. The summed E-state index contributed by atoms with van der Waals surface area (Å²) in [6, 6.07) is 7.55. The average molecular weight is 172 g/mol. The molecule has 13 heavy (non-hydrogen) atoms. The summed E-state index contributed by atoms with van der Waals surface area (Å²) in [6.45, 7) is 3.80. The molecule has 2 rings (SSSR count). The molecular weight excluding hydrogens is 164 g/mol. The molecule has 0 atom stereocenters. The molecule has 0 fully saturated rings. The van der Waals surface area contributed by atoms with Gasteiger partial charge in [-0.25, -0.2) is 4.99 Å². The Morgan fingerprint density at radius 1 is 1.38 bits per heavy atom. The van der Waals surface area contributed by atoms with Crippen LogP contribution >= 0.6 is 0 Å². The van der Waals surface area contributed by atoms with Crippen molar-refractivity contribution in [3.8, 4) is 0 Å². The van der Waals surface area contributed by atoms with E-state index in [9.17, 15) is 4.79 Å². The van der Waals surface area contributed by atoms with Crippen LogP contribution < -0.4 is 5.32 Å². The van der Waals surface area contributed by atoms with E-state index < -0.39 is 0 Å². The second-order valence-electron chi connectivity index (χ2n) is 2.74. The normalized spacial score (nSPS) is 14.2. The Morgan fingerprint density at radius 3 is 2.92 bits per heavy atom. The third kappa shape index (κ3) is 1.24. The summed E-state index contributed by atoms with van der Waals surface area (Å²) in [4.78, 5) is 14.6. The Bertz CT molecular complexity index is 407. The summed E-state index contributed by atoms with van der Waals surface area (Å²) in [7, 11) is 0. The van der Waals surface area contributed by atoms with E-state index in [1.165, 1.54) is 0 Å². The van der Waals surface area contributed by atoms with Crippen LogP contribution in [0.2, 0.25) is 0 Å². The first-order valence-corrected chi connectivity index (χ1v) is 3.90. The zero-order valence-corrected chi connectivity index (χ0v) is 6.95. The van der Waals surface area contributed by atoms with Gasteiger partial charge < -0.3 is 5.32 Å². The average Bonchev–Trinajstić information content (AvgIpc) is 2.18. The van der Waals surface area contributed by atoms with E-state index in [4.69, 9.17) is 0 Å². The van der Waals surface area contributed by atoms with Gasteiger partial charge in [0.15, 0.2) is 12.1 Å². The molecule has 0 radical (unpaired) electrons. The number of nitrogens with one attached hydrogen (secondary N) is 1. The van der Waals surface area contributed by atoms with Crippen LogP contribution in [0.3, 0.4) is 0 Å². The minimum Gasteiger partial charge on any atom is -0.337 e. The summed E-state index contributed by atoms with van der Waals surface area (Å²) < 4.78 is 0. The number of hydrogen-bond acceptors (Lipinski definition) is 3. The van der Waals surface area contributed by atoms with Crippen LogP contribution in [-0.2, 0) is 4.79 Å². The lowest BCUT2D eigenvalue weighted by atomic mass is 10.1. The second-order valence-corrected chi connectivity index (χ2v) is 2.74. The molecule has 3 nitrogen and oxygen atoms in total. The summed E-state index contributed by atoms with van der Waals surface area (Å²) in [6.07, 6.45) is 0.682. The van der Waals surface area contributed by atoms with Crippen molar-refractivity contribution in [2.45, 2.75) is 0 Å². The van der Waals surface area contributed by atoms with Crippen LogP contribution in [0.5, 0.6) is 0 Å². The van der Waals surface area contributed by atoms with Crippen molar-refractivity contribution in [3.63, 3.8) is 0 Å². The lowest BCUT2D eigenvalue weighted by molar-refractivity contribution is -0.102. The molecule has 0 spiro atoms. The first-order valence-electron chi connectivity index (χ1n) is 3.90. The van der Waals surface area contributed by atoms with Crippen molar-refractivity contribution >= 4 is 23.5 Å².